The van der Waals surface area contributed by atoms with Crippen molar-refractivity contribution in [3.8, 4) is 11.5 Å². The van der Waals surface area contributed by atoms with E-state index in [9.17, 15) is 9.59 Å². The molecule has 210 valence electrons. The van der Waals surface area contributed by atoms with Gasteiger partial charge in [-0.1, -0.05) is 18.7 Å². The van der Waals surface area contributed by atoms with Gasteiger partial charge in [0.2, 0.25) is 11.9 Å². The zero-order chi connectivity index (χ0) is 28.3. The summed E-state index contributed by atoms with van der Waals surface area (Å²) < 4.78 is 16.9. The quantitative estimate of drug-likeness (QED) is 0.185. The van der Waals surface area contributed by atoms with Crippen molar-refractivity contribution in [3.63, 3.8) is 0 Å². The fraction of sp³-hybridized carbons (Fsp3) is 0.286. The van der Waals surface area contributed by atoms with Gasteiger partial charge in [0.1, 0.15) is 22.9 Å². The number of amides is 2. The molecule has 3 aromatic rings. The number of methoxy groups -OCH3 is 1. The van der Waals surface area contributed by atoms with Crippen LogP contribution >= 0.6 is 0 Å². The molecular formula is C28H33N7O5. The van der Waals surface area contributed by atoms with Crippen molar-refractivity contribution in [3.05, 3.63) is 66.9 Å². The van der Waals surface area contributed by atoms with Crippen molar-refractivity contribution in [1.82, 2.24) is 14.9 Å². The molecule has 40 heavy (non-hydrogen) atoms. The van der Waals surface area contributed by atoms with Gasteiger partial charge < -0.3 is 35.9 Å². The van der Waals surface area contributed by atoms with E-state index in [1.54, 1.807) is 43.5 Å². The monoisotopic (exact) mass is 547 g/mol. The summed E-state index contributed by atoms with van der Waals surface area (Å²) in [5.41, 5.74) is 7.20. The maximum Gasteiger partial charge on any atom is 0.254 e. The Morgan fingerprint density at radius 3 is 2.62 bits per heavy atom. The number of anilines is 5. The van der Waals surface area contributed by atoms with Gasteiger partial charge in [0.15, 0.2) is 0 Å². The molecule has 1 aromatic heterocycles. The fourth-order valence-electron chi connectivity index (χ4n) is 4.02. The number of morpholine rings is 1. The maximum absolute atomic E-state index is 12.1. The Kier molecular flexibility index (Phi) is 9.86. The zero-order valence-corrected chi connectivity index (χ0v) is 22.3. The van der Waals surface area contributed by atoms with Crippen LogP contribution in [0.4, 0.5) is 28.8 Å². The summed E-state index contributed by atoms with van der Waals surface area (Å²) in [5, 5.41) is 8.89. The van der Waals surface area contributed by atoms with Crippen molar-refractivity contribution < 1.29 is 23.8 Å². The molecule has 0 atom stereocenters. The second kappa shape index (κ2) is 13.9. The number of nitrogens with one attached hydrogen (secondary N) is 3. The molecule has 0 radical (unpaired) electrons. The van der Waals surface area contributed by atoms with Crippen molar-refractivity contribution >= 4 is 40.6 Å². The smallest absolute Gasteiger partial charge is 0.254 e. The Morgan fingerprint density at radius 1 is 1.12 bits per heavy atom. The third-order valence-corrected chi connectivity index (χ3v) is 6.09. The van der Waals surface area contributed by atoms with Gasteiger partial charge in [-0.15, -0.1) is 0 Å². The molecule has 1 fully saturated rings. The number of primary amides is 1. The topological polar surface area (TPSA) is 153 Å². The molecule has 12 nitrogen and oxygen atoms in total. The van der Waals surface area contributed by atoms with Crippen LogP contribution < -0.4 is 31.2 Å². The Labute approximate surface area is 232 Å². The molecule has 0 bridgehead atoms. The molecule has 0 unspecified atom stereocenters. The Morgan fingerprint density at radius 2 is 1.90 bits per heavy atom. The summed E-state index contributed by atoms with van der Waals surface area (Å²) in [5.74, 6) is 0.456. The first-order valence-corrected chi connectivity index (χ1v) is 12.8. The van der Waals surface area contributed by atoms with E-state index in [1.807, 2.05) is 6.07 Å². The summed E-state index contributed by atoms with van der Waals surface area (Å²) in [6.07, 6.45) is 3.38. The average molecular weight is 548 g/mol. The minimum atomic E-state index is -0.714. The molecule has 2 heterocycles. The molecule has 1 aliphatic rings. The van der Waals surface area contributed by atoms with E-state index in [1.165, 1.54) is 6.20 Å². The van der Waals surface area contributed by atoms with Crippen LogP contribution in [0, 0.1) is 0 Å². The van der Waals surface area contributed by atoms with Gasteiger partial charge in [0, 0.05) is 31.9 Å². The summed E-state index contributed by atoms with van der Waals surface area (Å²) in [6.45, 7) is 8.46. The average Bonchev–Trinajstić information content (AvgIpc) is 2.97. The van der Waals surface area contributed by atoms with E-state index >= 15 is 0 Å². The lowest BCUT2D eigenvalue weighted by molar-refractivity contribution is -0.111. The Hall–Kier alpha value is -4.68. The number of carbonyl (C=O) groups is 2. The number of rotatable bonds is 13. The van der Waals surface area contributed by atoms with Gasteiger partial charge in [-0.3, -0.25) is 14.5 Å². The van der Waals surface area contributed by atoms with Crippen LogP contribution in [-0.2, 0) is 9.53 Å². The van der Waals surface area contributed by atoms with Crippen molar-refractivity contribution in [2.24, 2.45) is 5.73 Å². The lowest BCUT2D eigenvalue weighted by Crippen LogP contribution is -2.37. The standard InChI is InChI=1S/C28H33N7O5/c1-3-25(36)31-21-7-4-5-8-22(21)32-27-20(26(29)37)18-30-28(34-27)33-23-10-9-19(17-24(23)38-2)40-14-6-11-35-12-15-39-16-13-35/h3-5,7-10,17-18H,1,6,11-16H2,2H3,(H2,29,37)(H,31,36)(H2,30,32,33,34). The van der Waals surface area contributed by atoms with Gasteiger partial charge in [-0.05, 0) is 36.8 Å². The zero-order valence-electron chi connectivity index (χ0n) is 22.3. The molecule has 0 spiro atoms. The first-order chi connectivity index (χ1) is 19.5. The van der Waals surface area contributed by atoms with E-state index in [-0.39, 0.29) is 23.2 Å². The van der Waals surface area contributed by atoms with Gasteiger partial charge in [-0.2, -0.15) is 4.98 Å². The van der Waals surface area contributed by atoms with Gasteiger partial charge in [0.05, 0.1) is 44.0 Å². The van der Waals surface area contributed by atoms with E-state index in [2.05, 4.69) is 37.4 Å². The van der Waals surface area contributed by atoms with Crippen LogP contribution in [-0.4, -0.2) is 73.2 Å². The number of para-hydroxylation sites is 2. The largest absolute Gasteiger partial charge is 0.494 e. The maximum atomic E-state index is 12.1. The Balaban J connectivity index is 1.46. The number of ether oxygens (including phenoxy) is 3. The highest BCUT2D eigenvalue weighted by atomic mass is 16.5. The number of nitrogens with zero attached hydrogens (tertiary/aromatic N) is 3. The number of hydrogen-bond acceptors (Lipinski definition) is 10. The molecule has 1 aliphatic heterocycles. The van der Waals surface area contributed by atoms with E-state index in [4.69, 9.17) is 19.9 Å². The first-order valence-electron chi connectivity index (χ1n) is 12.8. The number of carbonyl (C=O) groups excluding carboxylic acids is 2. The third kappa shape index (κ3) is 7.68. The van der Waals surface area contributed by atoms with Crippen LogP contribution in [0.2, 0.25) is 0 Å². The Bertz CT molecular complexity index is 1340. The third-order valence-electron chi connectivity index (χ3n) is 6.09. The molecular weight excluding hydrogens is 514 g/mol. The minimum absolute atomic E-state index is 0.0724. The molecule has 1 saturated heterocycles. The number of nitrogens with two attached hydrogens (primary N) is 1. The summed E-state index contributed by atoms with van der Waals surface area (Å²) >= 11 is 0. The highest BCUT2D eigenvalue weighted by molar-refractivity contribution is 6.02. The molecule has 2 amide bonds. The predicted octanol–water partition coefficient (Wildman–Crippen LogP) is 3.30. The fourth-order valence-corrected chi connectivity index (χ4v) is 4.02. The summed E-state index contributed by atoms with van der Waals surface area (Å²) in [7, 11) is 1.56. The second-order valence-corrected chi connectivity index (χ2v) is 8.83. The molecule has 0 aliphatic carbocycles. The first kappa shape index (κ1) is 28.3. The van der Waals surface area contributed by atoms with Crippen LogP contribution in [0.5, 0.6) is 11.5 Å². The van der Waals surface area contributed by atoms with Gasteiger partial charge in [0.25, 0.3) is 5.91 Å². The normalized spacial score (nSPS) is 13.2. The summed E-state index contributed by atoms with van der Waals surface area (Å²) in [6, 6.07) is 12.4. The van der Waals surface area contributed by atoms with Crippen molar-refractivity contribution in [2.75, 3.05) is 62.5 Å². The SMILES string of the molecule is C=CC(=O)Nc1ccccc1Nc1nc(Nc2ccc(OCCCN3CCOCC3)cc2OC)ncc1C(N)=O. The number of aromatic nitrogens is 2. The molecule has 0 saturated carbocycles. The molecule has 12 heteroatoms. The van der Waals surface area contributed by atoms with E-state index in [0.717, 1.165) is 45.3 Å². The molecule has 2 aromatic carbocycles. The predicted molar refractivity (Wildman–Crippen MR) is 153 cm³/mol. The molecule has 4 rings (SSSR count). The van der Waals surface area contributed by atoms with Crippen LogP contribution in [0.1, 0.15) is 16.8 Å². The van der Waals surface area contributed by atoms with Crippen LogP contribution in [0.15, 0.2) is 61.3 Å². The van der Waals surface area contributed by atoms with Gasteiger partial charge >= 0.3 is 0 Å². The highest BCUT2D eigenvalue weighted by Crippen LogP contribution is 2.32. The number of hydrogen-bond donors (Lipinski definition) is 4. The lowest BCUT2D eigenvalue weighted by atomic mass is 10.2. The van der Waals surface area contributed by atoms with Crippen LogP contribution in [0.25, 0.3) is 0 Å². The lowest BCUT2D eigenvalue weighted by Gasteiger charge is -2.26. The highest BCUT2D eigenvalue weighted by Gasteiger charge is 2.16. The molecule has 5 N–H and O–H groups in total. The minimum Gasteiger partial charge on any atom is -0.494 e. The van der Waals surface area contributed by atoms with Crippen LogP contribution in [0.3, 0.4) is 0 Å². The second-order valence-electron chi connectivity index (χ2n) is 8.83. The van der Waals surface area contributed by atoms with Crippen molar-refractivity contribution in [2.45, 2.75) is 6.42 Å². The van der Waals surface area contributed by atoms with Gasteiger partial charge in [-0.25, -0.2) is 4.98 Å². The van der Waals surface area contributed by atoms with E-state index in [0.29, 0.717) is 35.2 Å². The van der Waals surface area contributed by atoms with Crippen molar-refractivity contribution in [1.29, 1.82) is 0 Å². The number of benzene rings is 2. The van der Waals surface area contributed by atoms with E-state index < -0.39 is 5.91 Å². The summed E-state index contributed by atoms with van der Waals surface area (Å²) in [4.78, 5) is 35.0.